The largest absolute Gasteiger partial charge is 0.466 e. The minimum atomic E-state index is -3.00. The molecule has 0 radical (unpaired) electrons. The van der Waals surface area contributed by atoms with Gasteiger partial charge in [0.05, 0.1) is 18.6 Å². The molecule has 0 aliphatic carbocycles. The molecule has 0 aliphatic rings. The van der Waals surface area contributed by atoms with Gasteiger partial charge >= 0.3 is 5.97 Å². The second kappa shape index (κ2) is 5.48. The number of alkyl halides is 2. The quantitative estimate of drug-likeness (QED) is 0.591. The van der Waals surface area contributed by atoms with Crippen LogP contribution in [0.2, 0.25) is 0 Å². The third kappa shape index (κ3) is 2.95. The van der Waals surface area contributed by atoms with E-state index in [1.54, 1.807) is 6.92 Å². The zero-order valence-corrected chi connectivity index (χ0v) is 8.54. The minimum Gasteiger partial charge on any atom is -0.466 e. The summed E-state index contributed by atoms with van der Waals surface area (Å²) < 4.78 is 42.6. The zero-order valence-electron chi connectivity index (χ0n) is 8.54. The minimum absolute atomic E-state index is 0.0963. The summed E-state index contributed by atoms with van der Waals surface area (Å²) in [6.45, 7) is 1.75. The summed E-state index contributed by atoms with van der Waals surface area (Å²) >= 11 is 0. The number of nitrogens with zero attached hydrogens (tertiary/aromatic N) is 1. The average molecular weight is 233 g/mol. The summed E-state index contributed by atoms with van der Waals surface area (Å²) in [5, 5.41) is 0. The normalized spacial score (nSPS) is 10.6. The number of carbonyl (C=O) groups is 1. The summed E-state index contributed by atoms with van der Waals surface area (Å²) in [6, 6.07) is 1.18. The van der Waals surface area contributed by atoms with Crippen LogP contribution in [0.25, 0.3) is 0 Å². The second-order valence-corrected chi connectivity index (χ2v) is 2.96. The SMILES string of the molecule is CCOC(=O)Cc1ccnc(F)c1C(F)F. The summed E-state index contributed by atoms with van der Waals surface area (Å²) in [5.41, 5.74) is -0.934. The van der Waals surface area contributed by atoms with E-state index in [4.69, 9.17) is 0 Å². The molecule has 1 aromatic rings. The number of halogens is 3. The van der Waals surface area contributed by atoms with Crippen LogP contribution in [0.4, 0.5) is 13.2 Å². The van der Waals surface area contributed by atoms with Gasteiger partial charge in [-0.15, -0.1) is 0 Å². The van der Waals surface area contributed by atoms with Gasteiger partial charge < -0.3 is 4.74 Å². The molecule has 0 bridgehead atoms. The number of aromatic nitrogens is 1. The van der Waals surface area contributed by atoms with E-state index in [1.807, 2.05) is 0 Å². The summed E-state index contributed by atoms with van der Waals surface area (Å²) in [4.78, 5) is 14.2. The highest BCUT2D eigenvalue weighted by atomic mass is 19.3. The predicted octanol–water partition coefficient (Wildman–Crippen LogP) is 2.26. The Bertz CT molecular complexity index is 382. The summed E-state index contributed by atoms with van der Waals surface area (Å²) in [7, 11) is 0. The molecule has 0 atom stereocenters. The molecule has 6 heteroatoms. The Morgan fingerprint density at radius 2 is 2.25 bits per heavy atom. The maximum absolute atomic E-state index is 13.0. The molecule has 0 unspecified atom stereocenters. The molecule has 0 fully saturated rings. The smallest absolute Gasteiger partial charge is 0.310 e. The molecule has 3 nitrogen and oxygen atoms in total. The Balaban J connectivity index is 2.95. The van der Waals surface area contributed by atoms with Gasteiger partial charge in [-0.1, -0.05) is 0 Å². The fraction of sp³-hybridized carbons (Fsp3) is 0.400. The van der Waals surface area contributed by atoms with Gasteiger partial charge in [-0.2, -0.15) is 4.39 Å². The van der Waals surface area contributed by atoms with Crippen molar-refractivity contribution in [3.05, 3.63) is 29.3 Å². The Morgan fingerprint density at radius 3 is 2.81 bits per heavy atom. The first-order valence-corrected chi connectivity index (χ1v) is 4.63. The molecule has 0 saturated heterocycles. The van der Waals surface area contributed by atoms with Gasteiger partial charge in [-0.05, 0) is 18.6 Å². The van der Waals surface area contributed by atoms with Crippen LogP contribution in [0.1, 0.15) is 24.5 Å². The molecule has 0 aliphatic heterocycles. The van der Waals surface area contributed by atoms with E-state index in [-0.39, 0.29) is 18.6 Å². The number of hydrogen-bond donors (Lipinski definition) is 0. The van der Waals surface area contributed by atoms with Gasteiger partial charge in [0.15, 0.2) is 0 Å². The predicted molar refractivity (Wildman–Crippen MR) is 49.5 cm³/mol. The molecule has 0 aromatic carbocycles. The van der Waals surface area contributed by atoms with Crippen LogP contribution in [0.3, 0.4) is 0 Å². The number of pyridine rings is 1. The van der Waals surface area contributed by atoms with Crippen LogP contribution in [0.5, 0.6) is 0 Å². The fourth-order valence-electron chi connectivity index (χ4n) is 1.24. The van der Waals surface area contributed by atoms with Crippen LogP contribution in [0.15, 0.2) is 12.3 Å². The molecule has 0 saturated carbocycles. The van der Waals surface area contributed by atoms with Crippen molar-refractivity contribution in [2.75, 3.05) is 6.61 Å². The van der Waals surface area contributed by atoms with Gasteiger partial charge in [0.1, 0.15) is 0 Å². The summed E-state index contributed by atoms with van der Waals surface area (Å²) in [6.07, 6.45) is -2.35. The van der Waals surface area contributed by atoms with E-state index < -0.39 is 23.9 Å². The highest BCUT2D eigenvalue weighted by molar-refractivity contribution is 5.73. The van der Waals surface area contributed by atoms with Crippen molar-refractivity contribution in [1.82, 2.24) is 4.98 Å². The summed E-state index contributed by atoms with van der Waals surface area (Å²) in [5.74, 6) is -1.92. The maximum Gasteiger partial charge on any atom is 0.310 e. The molecule has 0 N–H and O–H groups in total. The molecule has 1 rings (SSSR count). The van der Waals surface area contributed by atoms with Crippen LogP contribution in [-0.4, -0.2) is 17.6 Å². The molecular weight excluding hydrogens is 223 g/mol. The first-order chi connectivity index (χ1) is 7.56. The van der Waals surface area contributed by atoms with E-state index in [1.165, 1.54) is 6.07 Å². The lowest BCUT2D eigenvalue weighted by Crippen LogP contribution is -2.11. The number of hydrogen-bond acceptors (Lipinski definition) is 3. The Labute approximate surface area is 90.2 Å². The number of ether oxygens (including phenoxy) is 1. The van der Waals surface area contributed by atoms with Gasteiger partial charge in [0.25, 0.3) is 6.43 Å². The van der Waals surface area contributed by atoms with Crippen molar-refractivity contribution in [1.29, 1.82) is 0 Å². The molecule has 1 aromatic heterocycles. The number of rotatable bonds is 4. The molecule has 0 spiro atoms. The Morgan fingerprint density at radius 1 is 1.56 bits per heavy atom. The first kappa shape index (κ1) is 12.5. The monoisotopic (exact) mass is 233 g/mol. The van der Waals surface area contributed by atoms with Crippen molar-refractivity contribution < 1.29 is 22.7 Å². The number of esters is 1. The third-order valence-corrected chi connectivity index (χ3v) is 1.89. The van der Waals surface area contributed by atoms with Crippen LogP contribution in [0, 0.1) is 5.95 Å². The van der Waals surface area contributed by atoms with Gasteiger partial charge in [0, 0.05) is 6.20 Å². The van der Waals surface area contributed by atoms with Crippen LogP contribution < -0.4 is 0 Å². The van der Waals surface area contributed by atoms with Crippen molar-refractivity contribution in [3.63, 3.8) is 0 Å². The molecular formula is C10H10F3NO2. The maximum atomic E-state index is 13.0. The van der Waals surface area contributed by atoms with Gasteiger partial charge in [0.2, 0.25) is 5.95 Å². The highest BCUT2D eigenvalue weighted by Crippen LogP contribution is 2.25. The molecule has 88 valence electrons. The fourth-order valence-corrected chi connectivity index (χ4v) is 1.24. The van der Waals surface area contributed by atoms with Crippen LogP contribution in [-0.2, 0) is 16.0 Å². The Hall–Kier alpha value is -1.59. The van der Waals surface area contributed by atoms with Crippen molar-refractivity contribution in [2.24, 2.45) is 0 Å². The molecule has 16 heavy (non-hydrogen) atoms. The highest BCUT2D eigenvalue weighted by Gasteiger charge is 2.20. The lowest BCUT2D eigenvalue weighted by Gasteiger charge is -2.08. The molecule has 1 heterocycles. The first-order valence-electron chi connectivity index (χ1n) is 4.63. The van der Waals surface area contributed by atoms with E-state index in [2.05, 4.69) is 9.72 Å². The average Bonchev–Trinajstić information content (AvgIpc) is 2.17. The van der Waals surface area contributed by atoms with E-state index in [0.717, 1.165) is 6.20 Å². The van der Waals surface area contributed by atoms with Gasteiger partial charge in [-0.25, -0.2) is 13.8 Å². The lowest BCUT2D eigenvalue weighted by atomic mass is 10.1. The zero-order chi connectivity index (χ0) is 12.1. The van der Waals surface area contributed by atoms with Crippen molar-refractivity contribution >= 4 is 5.97 Å². The van der Waals surface area contributed by atoms with E-state index >= 15 is 0 Å². The standard InChI is InChI=1S/C10H10F3NO2/c1-2-16-7(15)5-6-3-4-14-10(13)8(6)9(11)12/h3-4,9H,2,5H2,1H3. The van der Waals surface area contributed by atoms with Gasteiger partial charge in [-0.3, -0.25) is 4.79 Å². The van der Waals surface area contributed by atoms with Crippen molar-refractivity contribution in [2.45, 2.75) is 19.8 Å². The third-order valence-electron chi connectivity index (χ3n) is 1.89. The van der Waals surface area contributed by atoms with Crippen molar-refractivity contribution in [3.8, 4) is 0 Å². The number of carbonyl (C=O) groups excluding carboxylic acids is 1. The van der Waals surface area contributed by atoms with E-state index in [9.17, 15) is 18.0 Å². The van der Waals surface area contributed by atoms with E-state index in [0.29, 0.717) is 0 Å². The Kier molecular flexibility index (Phi) is 4.28. The topological polar surface area (TPSA) is 39.2 Å². The lowest BCUT2D eigenvalue weighted by molar-refractivity contribution is -0.142. The molecule has 0 amide bonds. The van der Waals surface area contributed by atoms with Crippen LogP contribution >= 0.6 is 0 Å². The second-order valence-electron chi connectivity index (χ2n) is 2.96.